The number of aromatic nitrogens is 3. The normalized spacial score (nSPS) is 10.5. The molecule has 0 unspecified atom stereocenters. The Bertz CT molecular complexity index is 721. The van der Waals surface area contributed by atoms with E-state index in [0.717, 1.165) is 11.3 Å². The highest BCUT2D eigenvalue weighted by Gasteiger charge is 2.21. The van der Waals surface area contributed by atoms with Gasteiger partial charge in [0.25, 0.3) is 5.91 Å². The van der Waals surface area contributed by atoms with Gasteiger partial charge in [0.15, 0.2) is 0 Å². The first kappa shape index (κ1) is 13.5. The molecule has 0 N–H and O–H groups in total. The summed E-state index contributed by atoms with van der Waals surface area (Å²) in [5.74, 6) is -0.0887. The van der Waals surface area contributed by atoms with E-state index >= 15 is 0 Å². The molecule has 0 aliphatic heterocycles. The molecule has 0 aliphatic rings. The SMILES string of the molecule is Cn1nccc1C(=O)N(Cc1ccsc1)c1cccnc1. The van der Waals surface area contributed by atoms with Crippen molar-refractivity contribution >= 4 is 22.9 Å². The van der Waals surface area contributed by atoms with Crippen LogP contribution in [0, 0.1) is 0 Å². The van der Waals surface area contributed by atoms with Crippen LogP contribution in [0.4, 0.5) is 5.69 Å². The van der Waals surface area contributed by atoms with E-state index in [0.29, 0.717) is 12.2 Å². The molecule has 6 heteroatoms. The number of nitrogens with zero attached hydrogens (tertiary/aromatic N) is 4. The van der Waals surface area contributed by atoms with Gasteiger partial charge in [0.1, 0.15) is 5.69 Å². The van der Waals surface area contributed by atoms with Crippen LogP contribution in [0.3, 0.4) is 0 Å². The maximum atomic E-state index is 12.8. The van der Waals surface area contributed by atoms with Crippen molar-refractivity contribution in [2.24, 2.45) is 7.05 Å². The zero-order chi connectivity index (χ0) is 14.7. The minimum atomic E-state index is -0.0887. The average molecular weight is 298 g/mol. The number of anilines is 1. The molecule has 0 spiro atoms. The van der Waals surface area contributed by atoms with Crippen LogP contribution in [0.25, 0.3) is 0 Å². The Morgan fingerprint density at radius 1 is 1.33 bits per heavy atom. The van der Waals surface area contributed by atoms with Crippen LogP contribution in [0.1, 0.15) is 16.1 Å². The van der Waals surface area contributed by atoms with Crippen molar-refractivity contribution in [2.75, 3.05) is 4.90 Å². The van der Waals surface area contributed by atoms with Crippen molar-refractivity contribution in [1.82, 2.24) is 14.8 Å². The first-order chi connectivity index (χ1) is 10.3. The Morgan fingerprint density at radius 2 is 2.24 bits per heavy atom. The number of thiophene rings is 1. The molecule has 21 heavy (non-hydrogen) atoms. The van der Waals surface area contributed by atoms with Crippen molar-refractivity contribution in [1.29, 1.82) is 0 Å². The molecule has 0 aromatic carbocycles. The number of rotatable bonds is 4. The van der Waals surface area contributed by atoms with E-state index in [-0.39, 0.29) is 5.91 Å². The molecule has 0 saturated carbocycles. The third-order valence-corrected chi connectivity index (χ3v) is 3.90. The topological polar surface area (TPSA) is 51.0 Å². The van der Waals surface area contributed by atoms with E-state index in [1.165, 1.54) is 0 Å². The zero-order valence-electron chi connectivity index (χ0n) is 11.5. The summed E-state index contributed by atoms with van der Waals surface area (Å²) in [6.45, 7) is 0.513. The highest BCUT2D eigenvalue weighted by molar-refractivity contribution is 7.07. The number of amides is 1. The second-order valence-corrected chi connectivity index (χ2v) is 5.35. The predicted octanol–water partition coefficient (Wildman–Crippen LogP) is 2.72. The van der Waals surface area contributed by atoms with Gasteiger partial charge >= 0.3 is 0 Å². The number of aryl methyl sites for hydroxylation is 1. The van der Waals surface area contributed by atoms with Crippen LogP contribution in [-0.2, 0) is 13.6 Å². The highest BCUT2D eigenvalue weighted by atomic mass is 32.1. The Kier molecular flexibility index (Phi) is 3.79. The molecular formula is C15H14N4OS. The lowest BCUT2D eigenvalue weighted by Crippen LogP contribution is -2.31. The maximum absolute atomic E-state index is 12.8. The molecule has 0 atom stereocenters. The Labute approximate surface area is 126 Å². The summed E-state index contributed by atoms with van der Waals surface area (Å²) in [6, 6.07) is 7.45. The van der Waals surface area contributed by atoms with Crippen molar-refractivity contribution in [2.45, 2.75) is 6.54 Å². The van der Waals surface area contributed by atoms with Gasteiger partial charge in [0.2, 0.25) is 0 Å². The van der Waals surface area contributed by atoms with Crippen LogP contribution in [0.5, 0.6) is 0 Å². The van der Waals surface area contributed by atoms with Crippen molar-refractivity contribution < 1.29 is 4.79 Å². The van der Waals surface area contributed by atoms with Crippen molar-refractivity contribution in [3.8, 4) is 0 Å². The second kappa shape index (κ2) is 5.88. The van der Waals surface area contributed by atoms with E-state index in [4.69, 9.17) is 0 Å². The van der Waals surface area contributed by atoms with Gasteiger partial charge in [0.05, 0.1) is 18.4 Å². The molecule has 1 amide bonds. The van der Waals surface area contributed by atoms with Gasteiger partial charge in [-0.1, -0.05) is 0 Å². The first-order valence-corrected chi connectivity index (χ1v) is 7.41. The summed E-state index contributed by atoms with van der Waals surface area (Å²) < 4.78 is 1.58. The van der Waals surface area contributed by atoms with Gasteiger partial charge < -0.3 is 4.90 Å². The quantitative estimate of drug-likeness (QED) is 0.744. The van der Waals surface area contributed by atoms with E-state index < -0.39 is 0 Å². The highest BCUT2D eigenvalue weighted by Crippen LogP contribution is 2.20. The molecule has 3 aromatic heterocycles. The number of pyridine rings is 1. The summed E-state index contributed by atoms with van der Waals surface area (Å²) in [6.07, 6.45) is 5.01. The van der Waals surface area contributed by atoms with Gasteiger partial charge in [-0.3, -0.25) is 14.5 Å². The first-order valence-electron chi connectivity index (χ1n) is 6.46. The third-order valence-electron chi connectivity index (χ3n) is 3.16. The molecular weight excluding hydrogens is 284 g/mol. The summed E-state index contributed by atoms with van der Waals surface area (Å²) in [5.41, 5.74) is 2.42. The van der Waals surface area contributed by atoms with Crippen LogP contribution in [-0.4, -0.2) is 20.7 Å². The van der Waals surface area contributed by atoms with Crippen LogP contribution < -0.4 is 4.90 Å². The summed E-state index contributed by atoms with van der Waals surface area (Å²) in [5, 5.41) is 8.11. The lowest BCUT2D eigenvalue weighted by atomic mass is 10.2. The van der Waals surface area contributed by atoms with Gasteiger partial charge in [-0.05, 0) is 40.6 Å². The zero-order valence-corrected chi connectivity index (χ0v) is 12.3. The van der Waals surface area contributed by atoms with Crippen LogP contribution >= 0.6 is 11.3 Å². The lowest BCUT2D eigenvalue weighted by Gasteiger charge is -2.22. The smallest absolute Gasteiger partial charge is 0.276 e. The fourth-order valence-electron chi connectivity index (χ4n) is 2.08. The number of hydrogen-bond donors (Lipinski definition) is 0. The molecule has 3 rings (SSSR count). The fraction of sp³-hybridized carbons (Fsp3) is 0.133. The second-order valence-electron chi connectivity index (χ2n) is 4.57. The van der Waals surface area contributed by atoms with E-state index in [1.807, 2.05) is 29.0 Å². The Hall–Kier alpha value is -2.47. The summed E-state index contributed by atoms with van der Waals surface area (Å²) >= 11 is 1.62. The monoisotopic (exact) mass is 298 g/mol. The third kappa shape index (κ3) is 2.85. The van der Waals surface area contributed by atoms with E-state index in [2.05, 4.69) is 10.1 Å². The number of carbonyl (C=O) groups excluding carboxylic acids is 1. The van der Waals surface area contributed by atoms with Crippen molar-refractivity contribution in [3.63, 3.8) is 0 Å². The summed E-state index contributed by atoms with van der Waals surface area (Å²) in [4.78, 5) is 18.6. The fourth-order valence-corrected chi connectivity index (χ4v) is 2.74. The Morgan fingerprint density at radius 3 is 2.86 bits per heavy atom. The molecule has 5 nitrogen and oxygen atoms in total. The van der Waals surface area contributed by atoms with Gasteiger partial charge in [-0.25, -0.2) is 0 Å². The minimum absolute atomic E-state index is 0.0887. The molecule has 0 bridgehead atoms. The summed E-state index contributed by atoms with van der Waals surface area (Å²) in [7, 11) is 1.76. The molecule has 0 saturated heterocycles. The minimum Gasteiger partial charge on any atom is -0.301 e. The lowest BCUT2D eigenvalue weighted by molar-refractivity contribution is 0.0976. The molecule has 3 aromatic rings. The molecule has 0 fully saturated rings. The number of hydrogen-bond acceptors (Lipinski definition) is 4. The molecule has 0 radical (unpaired) electrons. The van der Waals surface area contributed by atoms with Crippen LogP contribution in [0.15, 0.2) is 53.6 Å². The van der Waals surface area contributed by atoms with E-state index in [1.54, 1.807) is 52.6 Å². The molecule has 3 heterocycles. The van der Waals surface area contributed by atoms with Gasteiger partial charge in [-0.15, -0.1) is 0 Å². The largest absolute Gasteiger partial charge is 0.301 e. The standard InChI is InChI=1S/C15H14N4OS/c1-18-14(4-7-17-18)15(20)19(10-12-5-8-21-11-12)13-3-2-6-16-9-13/h2-9,11H,10H2,1H3. The predicted molar refractivity (Wildman–Crippen MR) is 82.3 cm³/mol. The molecule has 0 aliphatic carbocycles. The van der Waals surface area contributed by atoms with Crippen molar-refractivity contribution in [3.05, 3.63) is 64.9 Å². The van der Waals surface area contributed by atoms with Gasteiger partial charge in [0, 0.05) is 19.4 Å². The maximum Gasteiger partial charge on any atom is 0.276 e. The van der Waals surface area contributed by atoms with E-state index in [9.17, 15) is 4.79 Å². The van der Waals surface area contributed by atoms with Crippen LogP contribution in [0.2, 0.25) is 0 Å². The Balaban J connectivity index is 1.96. The van der Waals surface area contributed by atoms with Gasteiger partial charge in [-0.2, -0.15) is 16.4 Å². The number of carbonyl (C=O) groups is 1. The molecule has 106 valence electrons. The average Bonchev–Trinajstić information content (AvgIpc) is 3.16.